The molecule has 0 radical (unpaired) electrons. The molecular weight excluding hydrogens is 278 g/mol. The second-order valence-corrected chi connectivity index (χ2v) is 6.31. The molecular formula is C16H29N5O. The van der Waals surface area contributed by atoms with Gasteiger partial charge in [-0.3, -0.25) is 0 Å². The lowest BCUT2D eigenvalue weighted by Gasteiger charge is -2.36. The number of nitrogens with zero attached hydrogens (tertiary/aromatic N) is 4. The van der Waals surface area contributed by atoms with Gasteiger partial charge in [0.25, 0.3) is 0 Å². The van der Waals surface area contributed by atoms with E-state index in [1.54, 1.807) is 0 Å². The van der Waals surface area contributed by atoms with Crippen molar-refractivity contribution in [2.45, 2.75) is 45.2 Å². The van der Waals surface area contributed by atoms with Gasteiger partial charge in [0.1, 0.15) is 5.82 Å². The summed E-state index contributed by atoms with van der Waals surface area (Å²) >= 11 is 0. The van der Waals surface area contributed by atoms with Crippen molar-refractivity contribution in [3.63, 3.8) is 0 Å². The maximum absolute atomic E-state index is 12.2. The third-order valence-corrected chi connectivity index (χ3v) is 4.44. The highest BCUT2D eigenvalue weighted by Crippen LogP contribution is 2.13. The van der Waals surface area contributed by atoms with Crippen molar-refractivity contribution in [3.8, 4) is 0 Å². The van der Waals surface area contributed by atoms with Crippen LogP contribution in [0.15, 0.2) is 12.4 Å². The number of carbonyl (C=O) groups is 1. The maximum atomic E-state index is 12.2. The monoisotopic (exact) mass is 307 g/mol. The van der Waals surface area contributed by atoms with Gasteiger partial charge in [-0.2, -0.15) is 0 Å². The third-order valence-electron chi connectivity index (χ3n) is 4.44. The molecule has 1 aliphatic rings. The quantitative estimate of drug-likeness (QED) is 0.814. The van der Waals surface area contributed by atoms with Crippen LogP contribution in [0, 0.1) is 6.92 Å². The topological polar surface area (TPSA) is 53.4 Å². The molecule has 1 fully saturated rings. The van der Waals surface area contributed by atoms with Gasteiger partial charge in [0, 0.05) is 44.6 Å². The van der Waals surface area contributed by atoms with E-state index >= 15 is 0 Å². The number of hydrogen-bond acceptors (Lipinski definition) is 3. The van der Waals surface area contributed by atoms with Gasteiger partial charge in [-0.05, 0) is 46.7 Å². The van der Waals surface area contributed by atoms with Gasteiger partial charge < -0.3 is 19.7 Å². The number of urea groups is 1. The van der Waals surface area contributed by atoms with Gasteiger partial charge in [-0.1, -0.05) is 0 Å². The van der Waals surface area contributed by atoms with E-state index in [-0.39, 0.29) is 6.03 Å². The Morgan fingerprint density at radius 1 is 1.45 bits per heavy atom. The van der Waals surface area contributed by atoms with E-state index < -0.39 is 0 Å². The van der Waals surface area contributed by atoms with Crippen LogP contribution < -0.4 is 5.32 Å². The highest BCUT2D eigenvalue weighted by molar-refractivity contribution is 5.74. The first-order valence-electron chi connectivity index (χ1n) is 8.25. The number of amides is 2. The molecule has 0 aromatic carbocycles. The lowest BCUT2D eigenvalue weighted by Crippen LogP contribution is -2.50. The van der Waals surface area contributed by atoms with E-state index in [0.717, 1.165) is 51.3 Å². The molecule has 1 N–H and O–H groups in total. The Hall–Kier alpha value is -1.56. The maximum Gasteiger partial charge on any atom is 0.317 e. The summed E-state index contributed by atoms with van der Waals surface area (Å²) in [5.41, 5.74) is 0. The molecule has 0 aliphatic carbocycles. The lowest BCUT2D eigenvalue weighted by molar-refractivity contribution is 0.140. The van der Waals surface area contributed by atoms with Crippen LogP contribution in [0.1, 0.15) is 31.5 Å². The molecule has 1 aromatic rings. The number of hydrogen-bond donors (Lipinski definition) is 1. The second kappa shape index (κ2) is 8.17. The minimum absolute atomic E-state index is 0.0883. The average Bonchev–Trinajstić information content (AvgIpc) is 2.92. The number of piperidine rings is 1. The third kappa shape index (κ3) is 4.73. The highest BCUT2D eigenvalue weighted by Gasteiger charge is 2.24. The van der Waals surface area contributed by atoms with E-state index in [1.807, 2.05) is 24.2 Å². The van der Waals surface area contributed by atoms with E-state index in [9.17, 15) is 4.79 Å². The predicted octanol–water partition coefficient (Wildman–Crippen LogP) is 1.71. The summed E-state index contributed by atoms with van der Waals surface area (Å²) in [6.07, 6.45) is 8.15. The Balaban J connectivity index is 1.62. The van der Waals surface area contributed by atoms with Crippen molar-refractivity contribution >= 4 is 6.03 Å². The van der Waals surface area contributed by atoms with E-state index in [0.29, 0.717) is 6.04 Å². The largest absolute Gasteiger partial charge is 0.338 e. The van der Waals surface area contributed by atoms with Crippen molar-refractivity contribution in [1.29, 1.82) is 0 Å². The van der Waals surface area contributed by atoms with Gasteiger partial charge >= 0.3 is 6.03 Å². The zero-order valence-electron chi connectivity index (χ0n) is 14.1. The van der Waals surface area contributed by atoms with Crippen LogP contribution in [-0.2, 0) is 6.54 Å². The van der Waals surface area contributed by atoms with Gasteiger partial charge in [0.05, 0.1) is 0 Å². The molecule has 0 bridgehead atoms. The Labute approximate surface area is 133 Å². The van der Waals surface area contributed by atoms with Crippen molar-refractivity contribution < 1.29 is 4.79 Å². The minimum atomic E-state index is 0.0883. The molecule has 1 saturated heterocycles. The van der Waals surface area contributed by atoms with Crippen molar-refractivity contribution in [1.82, 2.24) is 24.7 Å². The Morgan fingerprint density at radius 3 is 2.95 bits per heavy atom. The number of likely N-dealkylation sites (tertiary alicyclic amines) is 1. The standard InChI is InChI=1S/C16H29N5O/c1-14-17-9-12-20(14)10-5-4-8-18-16(22)21-11-6-7-15(13-21)19(2)3/h9,12,15H,4-8,10-11,13H2,1-3H3,(H,18,22). The molecule has 2 amide bonds. The van der Waals surface area contributed by atoms with Crippen LogP contribution in [0.4, 0.5) is 4.79 Å². The molecule has 0 spiro atoms. The smallest absolute Gasteiger partial charge is 0.317 e. The van der Waals surface area contributed by atoms with Gasteiger partial charge in [-0.25, -0.2) is 9.78 Å². The van der Waals surface area contributed by atoms with Gasteiger partial charge in [0.15, 0.2) is 0 Å². The summed E-state index contributed by atoms with van der Waals surface area (Å²) in [5.74, 6) is 1.05. The van der Waals surface area contributed by atoms with Gasteiger partial charge in [0.2, 0.25) is 0 Å². The van der Waals surface area contributed by atoms with E-state index in [1.165, 1.54) is 6.42 Å². The van der Waals surface area contributed by atoms with Crippen molar-refractivity contribution in [2.24, 2.45) is 0 Å². The van der Waals surface area contributed by atoms with E-state index in [4.69, 9.17) is 0 Å². The van der Waals surface area contributed by atoms with Crippen LogP contribution in [0.5, 0.6) is 0 Å². The number of unbranched alkanes of at least 4 members (excludes halogenated alkanes) is 1. The molecule has 2 rings (SSSR count). The number of likely N-dealkylation sites (N-methyl/N-ethyl adjacent to an activating group) is 1. The fourth-order valence-corrected chi connectivity index (χ4v) is 2.92. The Morgan fingerprint density at radius 2 is 2.27 bits per heavy atom. The molecule has 6 heteroatoms. The summed E-state index contributed by atoms with van der Waals surface area (Å²) in [7, 11) is 4.17. The van der Waals surface area contributed by atoms with Gasteiger partial charge in [-0.15, -0.1) is 0 Å². The van der Waals surface area contributed by atoms with E-state index in [2.05, 4.69) is 33.9 Å². The van der Waals surface area contributed by atoms with Crippen LogP contribution in [-0.4, -0.2) is 65.2 Å². The fourth-order valence-electron chi connectivity index (χ4n) is 2.92. The summed E-state index contributed by atoms with van der Waals surface area (Å²) in [5, 5.41) is 3.05. The second-order valence-electron chi connectivity index (χ2n) is 6.31. The SMILES string of the molecule is Cc1nccn1CCCCNC(=O)N1CCCC(N(C)C)C1. The normalized spacial score (nSPS) is 18.7. The van der Waals surface area contributed by atoms with Crippen LogP contribution in [0.25, 0.3) is 0 Å². The number of aryl methyl sites for hydroxylation is 2. The van der Waals surface area contributed by atoms with Crippen molar-refractivity contribution in [3.05, 3.63) is 18.2 Å². The Kier molecular flexibility index (Phi) is 6.24. The molecule has 124 valence electrons. The molecule has 1 unspecified atom stereocenters. The average molecular weight is 307 g/mol. The first kappa shape index (κ1) is 16.8. The summed E-state index contributed by atoms with van der Waals surface area (Å²) in [4.78, 5) is 20.6. The molecule has 1 aliphatic heterocycles. The number of aromatic nitrogens is 2. The molecule has 1 aromatic heterocycles. The minimum Gasteiger partial charge on any atom is -0.338 e. The van der Waals surface area contributed by atoms with Crippen LogP contribution >= 0.6 is 0 Å². The lowest BCUT2D eigenvalue weighted by atomic mass is 10.1. The number of imidazole rings is 1. The molecule has 1 atom stereocenters. The zero-order valence-corrected chi connectivity index (χ0v) is 14.1. The molecule has 22 heavy (non-hydrogen) atoms. The van der Waals surface area contributed by atoms with Crippen LogP contribution in [0.3, 0.4) is 0 Å². The number of rotatable bonds is 6. The molecule has 6 nitrogen and oxygen atoms in total. The Bertz CT molecular complexity index is 471. The summed E-state index contributed by atoms with van der Waals surface area (Å²) in [6, 6.07) is 0.578. The fraction of sp³-hybridized carbons (Fsp3) is 0.750. The predicted molar refractivity (Wildman–Crippen MR) is 87.9 cm³/mol. The number of carbonyl (C=O) groups excluding carboxylic acids is 1. The first-order valence-corrected chi connectivity index (χ1v) is 8.25. The van der Waals surface area contributed by atoms with Crippen LogP contribution in [0.2, 0.25) is 0 Å². The first-order chi connectivity index (χ1) is 10.6. The number of nitrogens with one attached hydrogen (secondary N) is 1. The highest BCUT2D eigenvalue weighted by atomic mass is 16.2. The summed E-state index contributed by atoms with van der Waals surface area (Å²) < 4.78 is 2.15. The molecule has 2 heterocycles. The molecule has 0 saturated carbocycles. The zero-order chi connectivity index (χ0) is 15.9. The van der Waals surface area contributed by atoms with Crippen molar-refractivity contribution in [2.75, 3.05) is 33.7 Å². The summed E-state index contributed by atoms with van der Waals surface area (Å²) in [6.45, 7) is 5.45.